The van der Waals surface area contributed by atoms with Gasteiger partial charge in [-0.3, -0.25) is 9.78 Å². The number of hydrogen-bond donors (Lipinski definition) is 2. The molecule has 28 heavy (non-hydrogen) atoms. The van der Waals surface area contributed by atoms with Gasteiger partial charge in [0.2, 0.25) is 4.77 Å². The minimum absolute atomic E-state index is 0.119. The Bertz CT molecular complexity index is 912. The van der Waals surface area contributed by atoms with Gasteiger partial charge in [0.25, 0.3) is 0 Å². The fraction of sp³-hybridized carbons (Fsp3) is 0.556. The number of alkyl halides is 3. The summed E-state index contributed by atoms with van der Waals surface area (Å²) in [5.41, 5.74) is -0.921. The number of H-pyrrole nitrogens is 1. The number of nitrogens with one attached hydrogen (secondary N) is 1. The molecule has 1 aliphatic rings. The van der Waals surface area contributed by atoms with Crippen LogP contribution in [0, 0.1) is 16.1 Å². The minimum atomic E-state index is -4.82. The lowest BCUT2D eigenvalue weighted by atomic mass is 9.72. The predicted molar refractivity (Wildman–Crippen MR) is 101 cm³/mol. The van der Waals surface area contributed by atoms with Crippen LogP contribution in [0.5, 0.6) is 5.75 Å². The first-order chi connectivity index (χ1) is 12.9. The molecule has 10 heteroatoms. The second-order valence-corrected chi connectivity index (χ2v) is 8.59. The van der Waals surface area contributed by atoms with Crippen molar-refractivity contribution < 1.29 is 23.0 Å². The Kier molecular flexibility index (Phi) is 5.55. The molecule has 1 aromatic heterocycles. The molecular weight excluding hydrogens is 415 g/mol. The summed E-state index contributed by atoms with van der Waals surface area (Å²) in [6.45, 7) is 4.18. The second kappa shape index (κ2) is 7.35. The first-order valence-corrected chi connectivity index (χ1v) is 9.57. The van der Waals surface area contributed by atoms with Gasteiger partial charge in [-0.25, -0.2) is 4.98 Å². The summed E-state index contributed by atoms with van der Waals surface area (Å²) < 4.78 is 43.7. The number of aliphatic hydroxyl groups is 1. The summed E-state index contributed by atoms with van der Waals surface area (Å²) in [6, 6.07) is 4.31. The molecule has 154 valence electrons. The quantitative estimate of drug-likeness (QED) is 0.655. The van der Waals surface area contributed by atoms with E-state index in [4.69, 9.17) is 23.8 Å². The first kappa shape index (κ1) is 21.1. The zero-order valence-corrected chi connectivity index (χ0v) is 17.0. The van der Waals surface area contributed by atoms with Gasteiger partial charge in [0.1, 0.15) is 12.1 Å². The van der Waals surface area contributed by atoms with Crippen molar-refractivity contribution in [1.29, 1.82) is 0 Å². The van der Waals surface area contributed by atoms with E-state index in [1.807, 2.05) is 13.8 Å². The van der Waals surface area contributed by atoms with Crippen molar-refractivity contribution in [2.24, 2.45) is 11.3 Å². The molecular formula is C18H21ClF3N3O2S. The highest BCUT2D eigenvalue weighted by Gasteiger charge is 2.54. The lowest BCUT2D eigenvalue weighted by Crippen LogP contribution is -2.49. The number of hydrogen-bond acceptors (Lipinski definition) is 4. The molecule has 2 unspecified atom stereocenters. The molecule has 1 heterocycles. The molecule has 2 aromatic rings. The molecule has 0 bridgehead atoms. The lowest BCUT2D eigenvalue weighted by molar-refractivity contribution is -0.274. The van der Waals surface area contributed by atoms with Crippen LogP contribution in [0.15, 0.2) is 24.5 Å². The van der Waals surface area contributed by atoms with Crippen LogP contribution >= 0.6 is 23.8 Å². The molecule has 0 aliphatic heterocycles. The van der Waals surface area contributed by atoms with E-state index in [2.05, 4.69) is 14.8 Å². The second-order valence-electron chi connectivity index (χ2n) is 7.82. The van der Waals surface area contributed by atoms with E-state index in [-0.39, 0.29) is 17.5 Å². The number of rotatable bonds is 5. The Morgan fingerprint density at radius 2 is 2.14 bits per heavy atom. The normalized spacial score (nSPS) is 24.5. The van der Waals surface area contributed by atoms with Crippen LogP contribution in [0.1, 0.15) is 32.3 Å². The van der Waals surface area contributed by atoms with Crippen LogP contribution in [0.4, 0.5) is 13.2 Å². The number of halogens is 4. The molecule has 5 nitrogen and oxygen atoms in total. The van der Waals surface area contributed by atoms with Gasteiger partial charge in [0, 0.05) is 0 Å². The van der Waals surface area contributed by atoms with Gasteiger partial charge in [-0.15, -0.1) is 13.2 Å². The summed E-state index contributed by atoms with van der Waals surface area (Å²) >= 11 is 11.0. The molecule has 0 radical (unpaired) electrons. The molecule has 2 N–H and O–H groups in total. The van der Waals surface area contributed by atoms with Crippen molar-refractivity contribution in [3.05, 3.63) is 39.9 Å². The number of aromatic nitrogens is 3. The Hall–Kier alpha value is -1.58. The predicted octanol–water partition coefficient (Wildman–Crippen LogP) is 4.90. The standard InChI is InChI=1S/C18H21ClF3N3O2S/c1-16(2)6-5-12(17(16,26)9-25-15(28)23-10-24-25)7-11-3-4-13(19)14(8-11)27-18(20,21)22/h3-4,8,10,12,26H,5-7,9H2,1-2H3,(H,23,24,28). The van der Waals surface area contributed by atoms with Crippen LogP contribution in [0.2, 0.25) is 5.02 Å². The first-order valence-electron chi connectivity index (χ1n) is 8.78. The summed E-state index contributed by atoms with van der Waals surface area (Å²) in [5.74, 6) is -0.629. The third-order valence-electron chi connectivity index (χ3n) is 5.69. The van der Waals surface area contributed by atoms with Crippen LogP contribution in [-0.2, 0) is 13.0 Å². The maximum absolute atomic E-state index is 12.6. The molecule has 1 saturated carbocycles. The Balaban J connectivity index is 1.87. The fourth-order valence-corrected chi connectivity index (χ4v) is 4.28. The van der Waals surface area contributed by atoms with Gasteiger partial charge in [-0.05, 0) is 60.5 Å². The maximum atomic E-state index is 12.6. The average molecular weight is 436 g/mol. The summed E-state index contributed by atoms with van der Waals surface area (Å²) in [5, 5.41) is 14.4. The molecule has 1 aromatic carbocycles. The zero-order valence-electron chi connectivity index (χ0n) is 15.4. The van der Waals surface area contributed by atoms with E-state index in [0.29, 0.717) is 16.8 Å². The fourth-order valence-electron chi connectivity index (χ4n) is 3.95. The topological polar surface area (TPSA) is 63.1 Å². The van der Waals surface area contributed by atoms with Crippen molar-refractivity contribution in [3.8, 4) is 5.75 Å². The molecule has 2 atom stereocenters. The largest absolute Gasteiger partial charge is 0.573 e. The van der Waals surface area contributed by atoms with Gasteiger partial charge in [-0.2, -0.15) is 0 Å². The number of nitrogens with zero attached hydrogens (tertiary/aromatic N) is 2. The Labute approximate surface area is 170 Å². The summed E-state index contributed by atoms with van der Waals surface area (Å²) in [6.07, 6.45) is -1.48. The highest BCUT2D eigenvalue weighted by molar-refractivity contribution is 7.71. The van der Waals surface area contributed by atoms with Gasteiger partial charge in [0.05, 0.1) is 17.2 Å². The Morgan fingerprint density at radius 1 is 1.43 bits per heavy atom. The SMILES string of the molecule is CC1(C)CCC(Cc2ccc(Cl)c(OC(F)(F)F)c2)C1(O)Cn1[nH]cnc1=S. The van der Waals surface area contributed by atoms with Crippen LogP contribution < -0.4 is 4.74 Å². The summed E-state index contributed by atoms with van der Waals surface area (Å²) in [4.78, 5) is 3.98. The average Bonchev–Trinajstić information content (AvgIpc) is 3.06. The zero-order chi connectivity index (χ0) is 20.7. The highest BCUT2D eigenvalue weighted by Crippen LogP contribution is 2.51. The maximum Gasteiger partial charge on any atom is 0.573 e. The number of ether oxygens (including phenoxy) is 1. The van der Waals surface area contributed by atoms with Crippen LogP contribution in [0.3, 0.4) is 0 Å². The van der Waals surface area contributed by atoms with Gasteiger partial charge in [0.15, 0.2) is 0 Å². The molecule has 0 amide bonds. The van der Waals surface area contributed by atoms with Crippen molar-refractivity contribution >= 4 is 23.8 Å². The smallest absolute Gasteiger partial charge is 0.404 e. The van der Waals surface area contributed by atoms with E-state index < -0.39 is 23.1 Å². The van der Waals surface area contributed by atoms with Crippen LogP contribution in [0.25, 0.3) is 0 Å². The van der Waals surface area contributed by atoms with Crippen molar-refractivity contribution in [3.63, 3.8) is 0 Å². The van der Waals surface area contributed by atoms with E-state index in [9.17, 15) is 18.3 Å². The van der Waals surface area contributed by atoms with Crippen molar-refractivity contribution in [1.82, 2.24) is 14.8 Å². The molecule has 1 fully saturated rings. The molecule has 3 rings (SSSR count). The van der Waals surface area contributed by atoms with E-state index in [0.717, 1.165) is 12.8 Å². The third kappa shape index (κ3) is 4.21. The van der Waals surface area contributed by atoms with Gasteiger partial charge in [-0.1, -0.05) is 31.5 Å². The van der Waals surface area contributed by atoms with Gasteiger partial charge >= 0.3 is 6.36 Å². The molecule has 1 aliphatic carbocycles. The number of benzene rings is 1. The van der Waals surface area contributed by atoms with E-state index in [1.54, 1.807) is 10.7 Å². The number of aromatic amines is 1. The third-order valence-corrected chi connectivity index (χ3v) is 6.33. The van der Waals surface area contributed by atoms with Crippen LogP contribution in [-0.4, -0.2) is 31.8 Å². The van der Waals surface area contributed by atoms with E-state index >= 15 is 0 Å². The molecule has 0 spiro atoms. The van der Waals surface area contributed by atoms with Crippen molar-refractivity contribution in [2.75, 3.05) is 0 Å². The molecule has 0 saturated heterocycles. The minimum Gasteiger partial charge on any atom is -0.404 e. The monoisotopic (exact) mass is 435 g/mol. The highest BCUT2D eigenvalue weighted by atomic mass is 35.5. The lowest BCUT2D eigenvalue weighted by Gasteiger charge is -2.41. The van der Waals surface area contributed by atoms with Gasteiger partial charge < -0.3 is 9.84 Å². The van der Waals surface area contributed by atoms with Crippen molar-refractivity contribution in [2.45, 2.75) is 51.6 Å². The summed E-state index contributed by atoms with van der Waals surface area (Å²) in [7, 11) is 0. The van der Waals surface area contributed by atoms with E-state index in [1.165, 1.54) is 18.5 Å². The Morgan fingerprint density at radius 3 is 2.75 bits per heavy atom.